The minimum absolute atomic E-state index is 0.254. The zero-order valence-electron chi connectivity index (χ0n) is 14.2. The second-order valence-electron chi connectivity index (χ2n) is 6.33. The quantitative estimate of drug-likeness (QED) is 0.900. The Hall–Kier alpha value is -2.66. The number of carbonyl (C=O) groups excluding carboxylic acids is 2. The number of anilines is 1. The van der Waals surface area contributed by atoms with Crippen molar-refractivity contribution < 1.29 is 9.59 Å². The molecule has 1 aliphatic rings. The van der Waals surface area contributed by atoms with Crippen LogP contribution in [0.2, 0.25) is 0 Å². The molecule has 130 valence electrons. The first kappa shape index (κ1) is 17.2. The van der Waals surface area contributed by atoms with E-state index >= 15 is 0 Å². The summed E-state index contributed by atoms with van der Waals surface area (Å²) >= 11 is 0. The molecule has 0 aromatic heterocycles. The Balaban J connectivity index is 1.41. The summed E-state index contributed by atoms with van der Waals surface area (Å²) in [6.45, 7) is 1.99. The number of hydrogen-bond donors (Lipinski definition) is 2. The fraction of sp³-hybridized carbons (Fsp3) is 0.300. The number of hydrogen-bond acceptors (Lipinski definition) is 3. The molecular formula is C20H23N3O2. The van der Waals surface area contributed by atoms with Crippen molar-refractivity contribution in [1.82, 2.24) is 10.2 Å². The van der Waals surface area contributed by atoms with Crippen LogP contribution in [0.3, 0.4) is 0 Å². The molecule has 0 saturated carbocycles. The van der Waals surface area contributed by atoms with Crippen LogP contribution in [0.15, 0.2) is 60.7 Å². The van der Waals surface area contributed by atoms with Gasteiger partial charge < -0.3 is 5.32 Å². The highest BCUT2D eigenvalue weighted by Gasteiger charge is 2.22. The van der Waals surface area contributed by atoms with Crippen molar-refractivity contribution in [2.45, 2.75) is 18.8 Å². The maximum absolute atomic E-state index is 12.0. The lowest BCUT2D eigenvalue weighted by Crippen LogP contribution is -2.44. The molecule has 0 bridgehead atoms. The molecule has 2 aromatic carbocycles. The average Bonchev–Trinajstić information content (AvgIpc) is 2.63. The predicted molar refractivity (Wildman–Crippen MR) is 98.5 cm³/mol. The number of nitrogens with zero attached hydrogens (tertiary/aromatic N) is 1. The number of urea groups is 1. The van der Waals surface area contributed by atoms with Crippen molar-refractivity contribution >= 4 is 17.6 Å². The lowest BCUT2D eigenvalue weighted by atomic mass is 9.89. The van der Waals surface area contributed by atoms with E-state index < -0.39 is 6.03 Å². The third-order valence-corrected chi connectivity index (χ3v) is 4.51. The minimum Gasteiger partial charge on any atom is -0.308 e. The summed E-state index contributed by atoms with van der Waals surface area (Å²) in [5.74, 6) is 0.286. The van der Waals surface area contributed by atoms with Crippen LogP contribution in [0.5, 0.6) is 0 Å². The minimum atomic E-state index is -0.490. The van der Waals surface area contributed by atoms with E-state index in [2.05, 4.69) is 39.8 Å². The van der Waals surface area contributed by atoms with Crippen LogP contribution in [0, 0.1) is 0 Å². The Morgan fingerprint density at radius 1 is 0.920 bits per heavy atom. The Kier molecular flexibility index (Phi) is 5.80. The van der Waals surface area contributed by atoms with Crippen molar-refractivity contribution in [3.8, 4) is 0 Å². The molecule has 1 aliphatic heterocycles. The van der Waals surface area contributed by atoms with Gasteiger partial charge in [0, 0.05) is 5.69 Å². The summed E-state index contributed by atoms with van der Waals surface area (Å²) in [5, 5.41) is 5.04. The first-order valence-electron chi connectivity index (χ1n) is 8.64. The Morgan fingerprint density at radius 2 is 1.52 bits per heavy atom. The smallest absolute Gasteiger partial charge is 0.308 e. The molecule has 0 unspecified atom stereocenters. The summed E-state index contributed by atoms with van der Waals surface area (Å²) < 4.78 is 0. The van der Waals surface area contributed by atoms with Gasteiger partial charge in [0.05, 0.1) is 6.54 Å². The molecule has 3 rings (SSSR count). The summed E-state index contributed by atoms with van der Waals surface area (Å²) in [4.78, 5) is 26.0. The lowest BCUT2D eigenvalue weighted by molar-refractivity contribution is -0.121. The van der Waals surface area contributed by atoms with Gasteiger partial charge in [0.2, 0.25) is 5.91 Å². The summed E-state index contributed by atoms with van der Waals surface area (Å²) in [6.07, 6.45) is 2.07. The van der Waals surface area contributed by atoms with E-state index in [0.717, 1.165) is 25.9 Å². The Morgan fingerprint density at radius 3 is 2.16 bits per heavy atom. The molecule has 1 heterocycles. The van der Waals surface area contributed by atoms with E-state index in [1.54, 1.807) is 12.1 Å². The largest absolute Gasteiger partial charge is 0.325 e. The predicted octanol–water partition coefficient (Wildman–Crippen LogP) is 3.21. The highest BCUT2D eigenvalue weighted by molar-refractivity contribution is 6.01. The normalized spacial score (nSPS) is 15.5. The second kappa shape index (κ2) is 8.44. The first-order chi connectivity index (χ1) is 12.2. The molecule has 0 atom stereocenters. The van der Waals surface area contributed by atoms with E-state index in [1.807, 2.05) is 24.3 Å². The highest BCUT2D eigenvalue weighted by Crippen LogP contribution is 2.27. The van der Waals surface area contributed by atoms with Gasteiger partial charge in [-0.2, -0.15) is 0 Å². The highest BCUT2D eigenvalue weighted by atomic mass is 16.2. The molecule has 1 fully saturated rings. The van der Waals surface area contributed by atoms with Crippen LogP contribution in [-0.2, 0) is 4.79 Å². The molecule has 5 nitrogen and oxygen atoms in total. The fourth-order valence-corrected chi connectivity index (χ4v) is 3.20. The number of likely N-dealkylation sites (tertiary alicyclic amines) is 1. The number of rotatable bonds is 4. The van der Waals surface area contributed by atoms with E-state index in [-0.39, 0.29) is 12.5 Å². The first-order valence-corrected chi connectivity index (χ1v) is 8.64. The fourth-order valence-electron chi connectivity index (χ4n) is 3.20. The van der Waals surface area contributed by atoms with Crippen molar-refractivity contribution in [3.05, 3.63) is 66.2 Å². The van der Waals surface area contributed by atoms with Crippen molar-refractivity contribution in [3.63, 3.8) is 0 Å². The number of benzene rings is 2. The van der Waals surface area contributed by atoms with Gasteiger partial charge in [-0.1, -0.05) is 48.5 Å². The monoisotopic (exact) mass is 337 g/mol. The SMILES string of the molecule is O=C(CN1CCC(c2ccccc2)CC1)NC(=O)Nc1ccccc1. The van der Waals surface area contributed by atoms with Crippen LogP contribution in [0.1, 0.15) is 24.3 Å². The van der Waals surface area contributed by atoms with Crippen molar-refractivity contribution in [1.29, 1.82) is 0 Å². The van der Waals surface area contributed by atoms with E-state index in [0.29, 0.717) is 11.6 Å². The van der Waals surface area contributed by atoms with Gasteiger partial charge in [0.1, 0.15) is 0 Å². The number of nitrogens with one attached hydrogen (secondary N) is 2. The molecule has 0 radical (unpaired) electrons. The number of imide groups is 1. The van der Waals surface area contributed by atoms with Crippen LogP contribution >= 0.6 is 0 Å². The van der Waals surface area contributed by atoms with Crippen molar-refractivity contribution in [2.75, 3.05) is 25.0 Å². The van der Waals surface area contributed by atoms with Crippen LogP contribution in [-0.4, -0.2) is 36.5 Å². The van der Waals surface area contributed by atoms with Gasteiger partial charge in [-0.3, -0.25) is 15.0 Å². The second-order valence-corrected chi connectivity index (χ2v) is 6.33. The molecular weight excluding hydrogens is 314 g/mol. The van der Waals surface area contributed by atoms with Gasteiger partial charge in [-0.05, 0) is 49.5 Å². The molecule has 5 heteroatoms. The average molecular weight is 337 g/mol. The van der Waals surface area contributed by atoms with Crippen LogP contribution < -0.4 is 10.6 Å². The van der Waals surface area contributed by atoms with Crippen molar-refractivity contribution in [2.24, 2.45) is 0 Å². The number of piperidine rings is 1. The summed E-state index contributed by atoms with van der Waals surface area (Å²) in [6, 6.07) is 19.1. The van der Waals surface area contributed by atoms with Gasteiger partial charge in [0.15, 0.2) is 0 Å². The zero-order valence-corrected chi connectivity index (χ0v) is 14.2. The molecule has 0 spiro atoms. The Bertz CT molecular complexity index is 695. The number of para-hydroxylation sites is 1. The van der Waals surface area contributed by atoms with Gasteiger partial charge in [0.25, 0.3) is 0 Å². The van der Waals surface area contributed by atoms with E-state index in [1.165, 1.54) is 5.56 Å². The third-order valence-electron chi connectivity index (χ3n) is 4.51. The summed E-state index contributed by atoms with van der Waals surface area (Å²) in [7, 11) is 0. The molecule has 2 aromatic rings. The molecule has 1 saturated heterocycles. The van der Waals surface area contributed by atoms with Gasteiger partial charge >= 0.3 is 6.03 Å². The molecule has 25 heavy (non-hydrogen) atoms. The topological polar surface area (TPSA) is 61.4 Å². The van der Waals surface area contributed by atoms with E-state index in [4.69, 9.17) is 0 Å². The number of carbonyl (C=O) groups is 2. The third kappa shape index (κ3) is 5.16. The van der Waals surface area contributed by atoms with E-state index in [9.17, 15) is 9.59 Å². The molecule has 0 aliphatic carbocycles. The molecule has 3 amide bonds. The zero-order chi connectivity index (χ0) is 17.5. The number of amides is 3. The van der Waals surface area contributed by atoms with Gasteiger partial charge in [-0.25, -0.2) is 4.79 Å². The van der Waals surface area contributed by atoms with Crippen LogP contribution in [0.25, 0.3) is 0 Å². The standard InChI is InChI=1S/C20H23N3O2/c24-19(22-20(25)21-18-9-5-2-6-10-18)15-23-13-11-17(12-14-23)16-7-3-1-4-8-16/h1-10,17H,11-15H2,(H2,21,22,24,25). The maximum Gasteiger partial charge on any atom is 0.325 e. The molecule has 2 N–H and O–H groups in total. The lowest BCUT2D eigenvalue weighted by Gasteiger charge is -2.31. The maximum atomic E-state index is 12.0. The Labute approximate surface area is 148 Å². The summed E-state index contributed by atoms with van der Waals surface area (Å²) in [5.41, 5.74) is 2.03. The van der Waals surface area contributed by atoms with Crippen LogP contribution in [0.4, 0.5) is 10.5 Å². The van der Waals surface area contributed by atoms with Gasteiger partial charge in [-0.15, -0.1) is 0 Å².